The Balaban J connectivity index is 1.49. The molecule has 0 radical (unpaired) electrons. The van der Waals surface area contributed by atoms with Crippen molar-refractivity contribution in [2.75, 3.05) is 20.0 Å². The molecule has 1 N–H and O–H groups in total. The maximum Gasteiger partial charge on any atom is 0.250 e. The summed E-state index contributed by atoms with van der Waals surface area (Å²) in [5.41, 5.74) is 5.72. The molecule has 2 heterocycles. The molecule has 0 atom stereocenters. The van der Waals surface area contributed by atoms with Gasteiger partial charge in [-0.3, -0.25) is 14.3 Å². The first-order valence-corrected chi connectivity index (χ1v) is 12.6. The first-order chi connectivity index (χ1) is 17.5. The first-order valence-electron chi connectivity index (χ1n) is 10.8. The molecular weight excluding hydrogens is 544 g/mol. The minimum absolute atomic E-state index is 0.102. The molecule has 0 aliphatic heterocycles. The average Bonchev–Trinajstić information content (AvgIpc) is 3.35. The summed E-state index contributed by atoms with van der Waals surface area (Å²) in [4.78, 5) is 16.8. The average molecular weight is 567 g/mol. The number of amides is 1. The molecule has 0 saturated heterocycles. The van der Waals surface area contributed by atoms with Gasteiger partial charge in [0.1, 0.15) is 0 Å². The maximum atomic E-state index is 12.6. The van der Waals surface area contributed by atoms with E-state index in [4.69, 9.17) is 9.47 Å². The van der Waals surface area contributed by atoms with Gasteiger partial charge in [0.25, 0.3) is 5.91 Å². The number of carbonyl (C=O) groups is 1. The molecule has 2 aromatic carbocycles. The summed E-state index contributed by atoms with van der Waals surface area (Å²) in [5, 5.41) is 13.5. The number of carbonyl (C=O) groups excluding carboxylic acids is 1. The topological polar surface area (TPSA) is 104 Å². The van der Waals surface area contributed by atoms with Crippen molar-refractivity contribution in [2.24, 2.45) is 5.10 Å². The second kappa shape index (κ2) is 11.8. The molecule has 36 heavy (non-hydrogen) atoms. The van der Waals surface area contributed by atoms with Crippen LogP contribution in [0.3, 0.4) is 0 Å². The smallest absolute Gasteiger partial charge is 0.250 e. The number of hydrogen-bond donors (Lipinski definition) is 1. The van der Waals surface area contributed by atoms with Gasteiger partial charge in [0, 0.05) is 33.7 Å². The summed E-state index contributed by atoms with van der Waals surface area (Å²) in [6.45, 7) is 1.80. The fourth-order valence-corrected chi connectivity index (χ4v) is 4.31. The minimum atomic E-state index is -0.270. The van der Waals surface area contributed by atoms with Gasteiger partial charge >= 0.3 is 0 Å². The third-order valence-corrected chi connectivity index (χ3v) is 6.58. The molecule has 0 bridgehead atoms. The van der Waals surface area contributed by atoms with E-state index in [1.165, 1.54) is 11.8 Å². The van der Waals surface area contributed by atoms with Gasteiger partial charge in [0.15, 0.2) is 22.5 Å². The third-order valence-electron chi connectivity index (χ3n) is 5.12. The molecule has 4 rings (SSSR count). The molecule has 1 amide bonds. The van der Waals surface area contributed by atoms with E-state index in [1.54, 1.807) is 45.7 Å². The van der Waals surface area contributed by atoms with Gasteiger partial charge in [-0.2, -0.15) is 5.10 Å². The summed E-state index contributed by atoms with van der Waals surface area (Å²) in [7, 11) is 3.15. The Morgan fingerprint density at radius 1 is 1.08 bits per heavy atom. The monoisotopic (exact) mass is 566 g/mol. The van der Waals surface area contributed by atoms with E-state index in [-0.39, 0.29) is 11.7 Å². The van der Waals surface area contributed by atoms with Crippen molar-refractivity contribution in [1.82, 2.24) is 25.2 Å². The van der Waals surface area contributed by atoms with E-state index in [2.05, 4.69) is 41.6 Å². The van der Waals surface area contributed by atoms with E-state index < -0.39 is 0 Å². The highest BCUT2D eigenvalue weighted by atomic mass is 79.9. The molecule has 9 nitrogen and oxygen atoms in total. The summed E-state index contributed by atoms with van der Waals surface area (Å²) >= 11 is 4.73. The molecule has 11 heteroatoms. The van der Waals surface area contributed by atoms with E-state index >= 15 is 0 Å². The zero-order valence-corrected chi connectivity index (χ0v) is 22.2. The Morgan fingerprint density at radius 2 is 1.86 bits per heavy atom. The number of ether oxygens (including phenoxy) is 2. The highest BCUT2D eigenvalue weighted by molar-refractivity contribution is 9.10. The number of methoxy groups -OCH3 is 2. The Labute approximate surface area is 221 Å². The molecule has 0 unspecified atom stereocenters. The molecule has 0 aliphatic rings. The fourth-order valence-electron chi connectivity index (χ4n) is 3.30. The number of nitrogens with zero attached hydrogens (tertiary/aromatic N) is 5. The number of nitrogens with one attached hydrogen (secondary N) is 1. The lowest BCUT2D eigenvalue weighted by atomic mass is 10.1. The molecule has 0 aliphatic carbocycles. The van der Waals surface area contributed by atoms with E-state index in [0.717, 1.165) is 21.3 Å². The zero-order valence-electron chi connectivity index (χ0n) is 19.8. The van der Waals surface area contributed by atoms with Crippen LogP contribution in [0.15, 0.2) is 81.7 Å². The number of hydrogen-bond acceptors (Lipinski definition) is 8. The van der Waals surface area contributed by atoms with Crippen LogP contribution in [0.2, 0.25) is 0 Å². The summed E-state index contributed by atoms with van der Waals surface area (Å²) in [5.74, 6) is 1.67. The van der Waals surface area contributed by atoms with Gasteiger partial charge in [-0.1, -0.05) is 27.7 Å². The molecule has 2 aromatic heterocycles. The lowest BCUT2D eigenvalue weighted by Gasteiger charge is -2.10. The van der Waals surface area contributed by atoms with Crippen molar-refractivity contribution in [2.45, 2.75) is 12.1 Å². The van der Waals surface area contributed by atoms with Gasteiger partial charge in [-0.15, -0.1) is 10.2 Å². The van der Waals surface area contributed by atoms with Crippen molar-refractivity contribution >= 4 is 39.3 Å². The fraction of sp³-hybridized carbons (Fsp3) is 0.160. The number of benzene rings is 2. The zero-order chi connectivity index (χ0) is 25.5. The predicted octanol–water partition coefficient (Wildman–Crippen LogP) is 4.74. The van der Waals surface area contributed by atoms with Crippen molar-refractivity contribution in [3.05, 3.63) is 77.0 Å². The van der Waals surface area contributed by atoms with Crippen molar-refractivity contribution in [3.8, 4) is 28.6 Å². The van der Waals surface area contributed by atoms with E-state index in [0.29, 0.717) is 28.2 Å². The van der Waals surface area contributed by atoms with Crippen molar-refractivity contribution in [1.29, 1.82) is 0 Å². The normalized spacial score (nSPS) is 11.3. The molecule has 0 spiro atoms. The molecular formula is C25H23BrN6O3S. The van der Waals surface area contributed by atoms with Gasteiger partial charge in [0.05, 0.1) is 25.7 Å². The van der Waals surface area contributed by atoms with Gasteiger partial charge in [-0.05, 0) is 61.5 Å². The minimum Gasteiger partial charge on any atom is -0.493 e. The van der Waals surface area contributed by atoms with Crippen molar-refractivity contribution < 1.29 is 14.3 Å². The van der Waals surface area contributed by atoms with E-state index in [1.807, 2.05) is 47.0 Å². The van der Waals surface area contributed by atoms with Crippen LogP contribution in [0.25, 0.3) is 17.1 Å². The Morgan fingerprint density at radius 3 is 2.56 bits per heavy atom. The van der Waals surface area contributed by atoms with Gasteiger partial charge < -0.3 is 9.47 Å². The quantitative estimate of drug-likeness (QED) is 0.177. The summed E-state index contributed by atoms with van der Waals surface area (Å²) in [6, 6.07) is 17.0. The SMILES string of the molecule is COc1ccc(C(C)=NNC(=O)CSc2nnc(-c3cccnc3)n2-c2ccc(Br)cc2)cc1OC. The summed E-state index contributed by atoms with van der Waals surface area (Å²) < 4.78 is 13.5. The van der Waals surface area contributed by atoms with Crippen LogP contribution >= 0.6 is 27.7 Å². The molecule has 0 fully saturated rings. The molecule has 4 aromatic rings. The number of thioether (sulfide) groups is 1. The standard InChI is InChI=1S/C25H23BrN6O3S/c1-16(17-6-11-21(34-2)22(13-17)35-3)28-29-23(33)15-36-25-31-30-24(18-5-4-12-27-14-18)32(25)20-9-7-19(26)8-10-20/h4-14H,15H2,1-3H3,(H,29,33). The highest BCUT2D eigenvalue weighted by Gasteiger charge is 2.17. The van der Waals surface area contributed by atoms with Crippen molar-refractivity contribution in [3.63, 3.8) is 0 Å². The predicted molar refractivity (Wildman–Crippen MR) is 143 cm³/mol. The van der Waals surface area contributed by atoms with Crippen LogP contribution in [-0.2, 0) is 4.79 Å². The van der Waals surface area contributed by atoms with Crippen LogP contribution in [0.4, 0.5) is 0 Å². The first kappa shape index (κ1) is 25.4. The summed E-state index contributed by atoms with van der Waals surface area (Å²) in [6.07, 6.45) is 3.43. The van der Waals surface area contributed by atoms with Crippen LogP contribution < -0.4 is 14.9 Å². The number of pyridine rings is 1. The number of hydrazone groups is 1. The van der Waals surface area contributed by atoms with Crippen LogP contribution in [0.5, 0.6) is 11.5 Å². The second-order valence-corrected chi connectivity index (χ2v) is 9.31. The lowest BCUT2D eigenvalue weighted by Crippen LogP contribution is -2.21. The van der Waals surface area contributed by atoms with Crippen LogP contribution in [0.1, 0.15) is 12.5 Å². The van der Waals surface area contributed by atoms with E-state index in [9.17, 15) is 4.79 Å². The Kier molecular flexibility index (Phi) is 8.34. The van der Waals surface area contributed by atoms with Crippen LogP contribution in [-0.4, -0.2) is 51.3 Å². The maximum absolute atomic E-state index is 12.6. The van der Waals surface area contributed by atoms with Gasteiger partial charge in [0.2, 0.25) is 0 Å². The Bertz CT molecular complexity index is 1380. The second-order valence-electron chi connectivity index (χ2n) is 7.45. The number of aromatic nitrogens is 4. The Hall–Kier alpha value is -3.70. The highest BCUT2D eigenvalue weighted by Crippen LogP contribution is 2.29. The van der Waals surface area contributed by atoms with Crippen LogP contribution in [0, 0.1) is 0 Å². The number of rotatable bonds is 9. The molecule has 184 valence electrons. The largest absolute Gasteiger partial charge is 0.493 e. The molecule has 0 saturated carbocycles. The van der Waals surface area contributed by atoms with Gasteiger partial charge in [-0.25, -0.2) is 5.43 Å². The number of halogens is 1. The third kappa shape index (κ3) is 5.92. The lowest BCUT2D eigenvalue weighted by molar-refractivity contribution is -0.118.